The number of methoxy groups -OCH3 is 1. The van der Waals surface area contributed by atoms with Crippen LogP contribution in [0.4, 0.5) is 0 Å². The van der Waals surface area contributed by atoms with E-state index in [2.05, 4.69) is 25.3 Å². The molecule has 0 fully saturated rings. The van der Waals surface area contributed by atoms with Crippen molar-refractivity contribution in [3.05, 3.63) is 41.2 Å². The van der Waals surface area contributed by atoms with E-state index in [1.807, 2.05) is 31.2 Å². The van der Waals surface area contributed by atoms with E-state index in [4.69, 9.17) is 10.5 Å². The quantitative estimate of drug-likeness (QED) is 0.690. The molecule has 0 aliphatic heterocycles. The number of unbranched alkanes of at least 4 members (excludes halogenated alkanes) is 1. The van der Waals surface area contributed by atoms with E-state index in [0.717, 1.165) is 54.8 Å². The lowest BCUT2D eigenvalue weighted by atomic mass is 9.97. The molecule has 0 radical (unpaired) electrons. The number of hydrogen-bond acceptors (Lipinski definition) is 2. The molecular weight excluding hydrogens is 324 g/mol. The van der Waals surface area contributed by atoms with Crippen LogP contribution >= 0.6 is 0 Å². The van der Waals surface area contributed by atoms with Crippen molar-refractivity contribution in [1.29, 1.82) is 0 Å². The first-order valence-corrected chi connectivity index (χ1v) is 9.57. The number of hydrogen-bond donors (Lipinski definition) is 1. The summed E-state index contributed by atoms with van der Waals surface area (Å²) in [5.41, 5.74) is 10.5. The second-order valence-corrected chi connectivity index (χ2v) is 7.28. The van der Waals surface area contributed by atoms with Crippen molar-refractivity contribution in [2.45, 2.75) is 59.9 Å². The highest BCUT2D eigenvalue weighted by Gasteiger charge is 2.26. The topological polar surface area (TPSA) is 57.2 Å². The molecule has 26 heavy (non-hydrogen) atoms. The molecule has 0 unspecified atom stereocenters. The molecule has 1 amide bonds. The average Bonchev–Trinajstić information content (AvgIpc) is 2.89. The van der Waals surface area contributed by atoms with Crippen LogP contribution in [-0.4, -0.2) is 17.6 Å². The second-order valence-electron chi connectivity index (χ2n) is 7.28. The molecule has 0 aliphatic carbocycles. The van der Waals surface area contributed by atoms with Gasteiger partial charge >= 0.3 is 0 Å². The fourth-order valence-corrected chi connectivity index (χ4v) is 3.53. The van der Waals surface area contributed by atoms with Crippen LogP contribution in [0, 0.1) is 12.8 Å². The highest BCUT2D eigenvalue weighted by molar-refractivity contribution is 6.03. The summed E-state index contributed by atoms with van der Waals surface area (Å²) < 4.78 is 7.88. The van der Waals surface area contributed by atoms with E-state index in [-0.39, 0.29) is 5.91 Å². The van der Waals surface area contributed by atoms with Crippen molar-refractivity contribution in [1.82, 2.24) is 4.57 Å². The van der Waals surface area contributed by atoms with Gasteiger partial charge in [-0.1, -0.05) is 45.4 Å². The Morgan fingerprint density at radius 1 is 1.27 bits per heavy atom. The molecule has 1 heterocycles. The SMILES string of the molecule is CCCCc1c(-c2ccccc2OC)c(C(N)=O)c(C)n1CCC(C)C. The molecule has 0 saturated carbocycles. The monoisotopic (exact) mass is 356 g/mol. The standard InChI is InChI=1S/C22H32N2O2/c1-6-7-11-18-21(17-10-8-9-12-19(17)26-5)20(22(23)25)16(4)24(18)14-13-15(2)3/h8-10,12,15H,6-7,11,13-14H2,1-5H3,(H2,23,25). The van der Waals surface area contributed by atoms with E-state index in [9.17, 15) is 4.79 Å². The van der Waals surface area contributed by atoms with E-state index >= 15 is 0 Å². The Morgan fingerprint density at radius 3 is 2.54 bits per heavy atom. The molecule has 0 aliphatic rings. The van der Waals surface area contributed by atoms with Crippen LogP contribution in [0.3, 0.4) is 0 Å². The third kappa shape index (κ3) is 4.12. The van der Waals surface area contributed by atoms with Crippen LogP contribution in [0.25, 0.3) is 11.1 Å². The first-order chi connectivity index (χ1) is 12.4. The molecule has 4 heteroatoms. The Labute approximate surface area is 157 Å². The minimum absolute atomic E-state index is 0.371. The smallest absolute Gasteiger partial charge is 0.251 e. The Kier molecular flexibility index (Phi) is 6.90. The largest absolute Gasteiger partial charge is 0.496 e. The summed E-state index contributed by atoms with van der Waals surface area (Å²) in [6.07, 6.45) is 4.17. The maximum Gasteiger partial charge on any atom is 0.251 e. The van der Waals surface area contributed by atoms with Crippen LogP contribution < -0.4 is 10.5 Å². The molecule has 0 atom stereocenters. The zero-order valence-electron chi connectivity index (χ0n) is 16.8. The first kappa shape index (κ1) is 20.1. The molecule has 4 nitrogen and oxygen atoms in total. The van der Waals surface area contributed by atoms with Crippen LogP contribution in [0.5, 0.6) is 5.75 Å². The van der Waals surface area contributed by atoms with Gasteiger partial charge in [0.25, 0.3) is 5.91 Å². The normalized spacial score (nSPS) is 11.2. The van der Waals surface area contributed by atoms with E-state index in [1.54, 1.807) is 7.11 Å². The van der Waals surface area contributed by atoms with Gasteiger partial charge in [-0.05, 0) is 38.2 Å². The third-order valence-electron chi connectivity index (χ3n) is 4.95. The van der Waals surface area contributed by atoms with Gasteiger partial charge in [-0.2, -0.15) is 0 Å². The molecule has 2 aromatic rings. The highest BCUT2D eigenvalue weighted by Crippen LogP contribution is 2.39. The molecule has 2 N–H and O–H groups in total. The summed E-state index contributed by atoms with van der Waals surface area (Å²) in [7, 11) is 1.66. The van der Waals surface area contributed by atoms with Gasteiger partial charge in [-0.25, -0.2) is 0 Å². The molecule has 142 valence electrons. The van der Waals surface area contributed by atoms with Crippen molar-refractivity contribution in [2.75, 3.05) is 7.11 Å². The Hall–Kier alpha value is -2.23. The zero-order valence-corrected chi connectivity index (χ0v) is 16.8. The van der Waals surface area contributed by atoms with Gasteiger partial charge in [0.2, 0.25) is 0 Å². The van der Waals surface area contributed by atoms with E-state index in [1.165, 1.54) is 5.69 Å². The average molecular weight is 357 g/mol. The number of carbonyl (C=O) groups excluding carboxylic acids is 1. The van der Waals surface area contributed by atoms with Crippen LogP contribution in [0.15, 0.2) is 24.3 Å². The molecule has 0 bridgehead atoms. The predicted octanol–water partition coefficient (Wildman–Crippen LogP) is 4.96. The summed E-state index contributed by atoms with van der Waals surface area (Å²) in [5, 5.41) is 0. The van der Waals surface area contributed by atoms with Gasteiger partial charge in [-0.3, -0.25) is 4.79 Å². The number of amides is 1. The highest BCUT2D eigenvalue weighted by atomic mass is 16.5. The second kappa shape index (κ2) is 8.93. The number of nitrogens with two attached hydrogens (primary N) is 1. The minimum atomic E-state index is -0.371. The van der Waals surface area contributed by atoms with Crippen molar-refractivity contribution in [3.63, 3.8) is 0 Å². The van der Waals surface area contributed by atoms with Gasteiger partial charge in [-0.15, -0.1) is 0 Å². The van der Waals surface area contributed by atoms with Crippen LogP contribution in [0.2, 0.25) is 0 Å². The molecular formula is C22H32N2O2. The van der Waals surface area contributed by atoms with Crippen molar-refractivity contribution in [3.8, 4) is 16.9 Å². The summed E-state index contributed by atoms with van der Waals surface area (Å²) in [5.74, 6) is 1.00. The van der Waals surface area contributed by atoms with E-state index in [0.29, 0.717) is 11.5 Å². The fraction of sp³-hybridized carbons (Fsp3) is 0.500. The van der Waals surface area contributed by atoms with Crippen molar-refractivity contribution < 1.29 is 9.53 Å². The zero-order chi connectivity index (χ0) is 19.3. The summed E-state index contributed by atoms with van der Waals surface area (Å²) in [6, 6.07) is 7.88. The number of para-hydroxylation sites is 1. The summed E-state index contributed by atoms with van der Waals surface area (Å²) in [4.78, 5) is 12.4. The van der Waals surface area contributed by atoms with Gasteiger partial charge in [0.05, 0.1) is 12.7 Å². The first-order valence-electron chi connectivity index (χ1n) is 9.57. The lowest BCUT2D eigenvalue weighted by Crippen LogP contribution is -2.14. The summed E-state index contributed by atoms with van der Waals surface area (Å²) in [6.45, 7) is 9.54. The lowest BCUT2D eigenvalue weighted by molar-refractivity contribution is 0.1000. The molecule has 1 aromatic heterocycles. The fourth-order valence-electron chi connectivity index (χ4n) is 3.53. The third-order valence-corrected chi connectivity index (χ3v) is 4.95. The minimum Gasteiger partial charge on any atom is -0.496 e. The molecule has 1 aromatic carbocycles. The number of aromatic nitrogens is 1. The maximum absolute atomic E-state index is 12.4. The predicted molar refractivity (Wildman–Crippen MR) is 108 cm³/mol. The number of benzene rings is 1. The van der Waals surface area contributed by atoms with Gasteiger partial charge in [0, 0.05) is 29.1 Å². The molecule has 0 spiro atoms. The van der Waals surface area contributed by atoms with Crippen LogP contribution in [-0.2, 0) is 13.0 Å². The Balaban J connectivity index is 2.73. The van der Waals surface area contributed by atoms with E-state index < -0.39 is 0 Å². The maximum atomic E-state index is 12.4. The lowest BCUT2D eigenvalue weighted by Gasteiger charge is -2.15. The van der Waals surface area contributed by atoms with Crippen molar-refractivity contribution in [2.24, 2.45) is 11.7 Å². The molecule has 2 rings (SSSR count). The van der Waals surface area contributed by atoms with Crippen LogP contribution in [0.1, 0.15) is 61.8 Å². The Bertz CT molecular complexity index is 760. The number of nitrogens with zero attached hydrogens (tertiary/aromatic N) is 1. The van der Waals surface area contributed by atoms with Gasteiger partial charge < -0.3 is 15.0 Å². The van der Waals surface area contributed by atoms with Gasteiger partial charge in [0.1, 0.15) is 5.75 Å². The molecule has 0 saturated heterocycles. The van der Waals surface area contributed by atoms with Crippen molar-refractivity contribution >= 4 is 5.91 Å². The number of ether oxygens (including phenoxy) is 1. The van der Waals surface area contributed by atoms with Gasteiger partial charge in [0.15, 0.2) is 0 Å². The Morgan fingerprint density at radius 2 is 1.96 bits per heavy atom. The number of primary amides is 1. The summed E-state index contributed by atoms with van der Waals surface area (Å²) >= 11 is 0. The number of rotatable bonds is 9. The number of carbonyl (C=O) groups is 1.